The lowest BCUT2D eigenvalue weighted by atomic mass is 10.1. The highest BCUT2D eigenvalue weighted by Crippen LogP contribution is 2.25. The summed E-state index contributed by atoms with van der Waals surface area (Å²) in [6.07, 6.45) is 4.36. The standard InChI is InChI=1S/C16H20N2O2/c19-15-8-11-18(16(20)12-15)14-6-4-13(5-7-14)17-9-2-1-3-10-17/h4-7H,1-3,8-12H2. The van der Waals surface area contributed by atoms with Crippen molar-refractivity contribution in [1.29, 1.82) is 0 Å². The molecule has 1 amide bonds. The van der Waals surface area contributed by atoms with E-state index in [1.807, 2.05) is 12.1 Å². The van der Waals surface area contributed by atoms with Crippen LogP contribution in [0.4, 0.5) is 11.4 Å². The molecule has 0 aromatic heterocycles. The molecule has 106 valence electrons. The first-order chi connectivity index (χ1) is 9.74. The summed E-state index contributed by atoms with van der Waals surface area (Å²) in [5, 5.41) is 0. The molecule has 0 bridgehead atoms. The fourth-order valence-electron chi connectivity index (χ4n) is 2.98. The van der Waals surface area contributed by atoms with Crippen LogP contribution < -0.4 is 9.80 Å². The van der Waals surface area contributed by atoms with Gasteiger partial charge in [0.2, 0.25) is 5.91 Å². The van der Waals surface area contributed by atoms with Crippen molar-refractivity contribution in [2.45, 2.75) is 32.1 Å². The fraction of sp³-hybridized carbons (Fsp3) is 0.500. The Morgan fingerprint density at radius 2 is 1.45 bits per heavy atom. The topological polar surface area (TPSA) is 40.6 Å². The van der Waals surface area contributed by atoms with Crippen LogP contribution in [-0.4, -0.2) is 31.3 Å². The molecule has 0 N–H and O–H groups in total. The Balaban J connectivity index is 1.72. The third-order valence-electron chi connectivity index (χ3n) is 4.15. The first-order valence-electron chi connectivity index (χ1n) is 7.41. The zero-order valence-corrected chi connectivity index (χ0v) is 11.7. The summed E-state index contributed by atoms with van der Waals surface area (Å²) in [6.45, 7) is 2.76. The van der Waals surface area contributed by atoms with E-state index in [1.54, 1.807) is 4.90 Å². The molecule has 2 heterocycles. The smallest absolute Gasteiger partial charge is 0.234 e. The molecule has 0 unspecified atom stereocenters. The van der Waals surface area contributed by atoms with E-state index >= 15 is 0 Å². The summed E-state index contributed by atoms with van der Waals surface area (Å²) in [6, 6.07) is 8.17. The predicted molar refractivity (Wildman–Crippen MR) is 79.1 cm³/mol. The molecule has 0 atom stereocenters. The first-order valence-corrected chi connectivity index (χ1v) is 7.41. The van der Waals surface area contributed by atoms with Gasteiger partial charge < -0.3 is 9.80 Å². The lowest BCUT2D eigenvalue weighted by Gasteiger charge is -2.30. The zero-order valence-electron chi connectivity index (χ0n) is 11.7. The number of carbonyl (C=O) groups excluding carboxylic acids is 2. The summed E-state index contributed by atoms with van der Waals surface area (Å²) in [5.74, 6) is -0.0249. The molecule has 3 rings (SSSR count). The van der Waals surface area contributed by atoms with Gasteiger partial charge in [-0.1, -0.05) is 0 Å². The number of nitrogens with zero attached hydrogens (tertiary/aromatic N) is 2. The molecule has 1 aromatic carbocycles. The molecule has 2 aliphatic heterocycles. The van der Waals surface area contributed by atoms with Gasteiger partial charge in [0.15, 0.2) is 0 Å². The van der Waals surface area contributed by atoms with E-state index in [0.29, 0.717) is 13.0 Å². The molecule has 4 nitrogen and oxygen atoms in total. The van der Waals surface area contributed by atoms with Gasteiger partial charge in [-0.05, 0) is 43.5 Å². The minimum Gasteiger partial charge on any atom is -0.372 e. The van der Waals surface area contributed by atoms with Gasteiger partial charge >= 0.3 is 0 Å². The minimum atomic E-state index is -0.0769. The second-order valence-electron chi connectivity index (χ2n) is 5.57. The molecule has 2 aliphatic rings. The molecule has 0 spiro atoms. The SMILES string of the molecule is O=C1CCN(c2ccc(N3CCCCC3)cc2)C(=O)C1. The monoisotopic (exact) mass is 272 g/mol. The molecule has 4 heteroatoms. The van der Waals surface area contributed by atoms with Crippen molar-refractivity contribution in [2.75, 3.05) is 29.4 Å². The molecular formula is C16H20N2O2. The van der Waals surface area contributed by atoms with Crippen LogP contribution >= 0.6 is 0 Å². The highest BCUT2D eigenvalue weighted by Gasteiger charge is 2.24. The van der Waals surface area contributed by atoms with Crippen LogP contribution in [0.1, 0.15) is 32.1 Å². The number of Topliss-reactive ketones (excluding diaryl/α,β-unsaturated/α-hetero) is 1. The van der Waals surface area contributed by atoms with Crippen LogP contribution in [0.2, 0.25) is 0 Å². The Morgan fingerprint density at radius 3 is 2.10 bits per heavy atom. The van der Waals surface area contributed by atoms with Crippen LogP contribution in [-0.2, 0) is 9.59 Å². The lowest BCUT2D eigenvalue weighted by Crippen LogP contribution is -2.39. The van der Waals surface area contributed by atoms with E-state index in [-0.39, 0.29) is 18.1 Å². The quantitative estimate of drug-likeness (QED) is 0.776. The average molecular weight is 272 g/mol. The highest BCUT2D eigenvalue weighted by molar-refractivity contribution is 6.08. The van der Waals surface area contributed by atoms with Gasteiger partial charge in [0, 0.05) is 37.4 Å². The largest absolute Gasteiger partial charge is 0.372 e. The van der Waals surface area contributed by atoms with Crippen molar-refractivity contribution >= 4 is 23.1 Å². The van der Waals surface area contributed by atoms with Gasteiger partial charge in [-0.2, -0.15) is 0 Å². The maximum atomic E-state index is 11.9. The van der Waals surface area contributed by atoms with E-state index < -0.39 is 0 Å². The Kier molecular flexibility index (Phi) is 3.72. The third-order valence-corrected chi connectivity index (χ3v) is 4.15. The van der Waals surface area contributed by atoms with Crippen LogP contribution in [0, 0.1) is 0 Å². The van der Waals surface area contributed by atoms with E-state index in [1.165, 1.54) is 24.9 Å². The maximum Gasteiger partial charge on any atom is 0.234 e. The second kappa shape index (κ2) is 5.65. The number of anilines is 2. The summed E-state index contributed by atoms with van der Waals surface area (Å²) in [4.78, 5) is 27.3. The molecule has 0 saturated carbocycles. The van der Waals surface area contributed by atoms with Gasteiger partial charge in [-0.25, -0.2) is 0 Å². The van der Waals surface area contributed by atoms with E-state index in [2.05, 4.69) is 17.0 Å². The third kappa shape index (κ3) is 2.69. The number of hydrogen-bond acceptors (Lipinski definition) is 3. The molecular weight excluding hydrogens is 252 g/mol. The van der Waals surface area contributed by atoms with Gasteiger partial charge in [-0.15, -0.1) is 0 Å². The summed E-state index contributed by atoms with van der Waals surface area (Å²) >= 11 is 0. The number of rotatable bonds is 2. The molecule has 2 fully saturated rings. The van der Waals surface area contributed by atoms with Crippen LogP contribution in [0.15, 0.2) is 24.3 Å². The van der Waals surface area contributed by atoms with E-state index in [0.717, 1.165) is 18.8 Å². The highest BCUT2D eigenvalue weighted by atomic mass is 16.2. The Hall–Kier alpha value is -1.84. The minimum absolute atomic E-state index is 0.0495. The van der Waals surface area contributed by atoms with Crippen molar-refractivity contribution in [1.82, 2.24) is 0 Å². The van der Waals surface area contributed by atoms with Crippen LogP contribution in [0.3, 0.4) is 0 Å². The summed E-state index contributed by atoms with van der Waals surface area (Å²) in [5.41, 5.74) is 2.14. The molecule has 0 radical (unpaired) electrons. The number of amides is 1. The lowest BCUT2D eigenvalue weighted by molar-refractivity contribution is -0.128. The maximum absolute atomic E-state index is 11.9. The van der Waals surface area contributed by atoms with Gasteiger partial charge in [0.25, 0.3) is 0 Å². The molecule has 2 saturated heterocycles. The number of benzene rings is 1. The van der Waals surface area contributed by atoms with E-state index in [4.69, 9.17) is 0 Å². The predicted octanol–water partition coefficient (Wildman–Crippen LogP) is 2.37. The number of hydrogen-bond donors (Lipinski definition) is 0. The molecule has 1 aromatic rings. The zero-order chi connectivity index (χ0) is 13.9. The summed E-state index contributed by atoms with van der Waals surface area (Å²) < 4.78 is 0. The van der Waals surface area contributed by atoms with Crippen molar-refractivity contribution in [3.8, 4) is 0 Å². The Bertz CT molecular complexity index is 504. The molecule has 20 heavy (non-hydrogen) atoms. The number of piperidine rings is 2. The van der Waals surface area contributed by atoms with Crippen molar-refractivity contribution in [2.24, 2.45) is 0 Å². The van der Waals surface area contributed by atoms with Gasteiger partial charge in [-0.3, -0.25) is 9.59 Å². The van der Waals surface area contributed by atoms with Crippen molar-refractivity contribution in [3.63, 3.8) is 0 Å². The summed E-state index contributed by atoms with van der Waals surface area (Å²) in [7, 11) is 0. The normalized spacial score (nSPS) is 20.4. The van der Waals surface area contributed by atoms with Gasteiger partial charge in [0.1, 0.15) is 5.78 Å². The second-order valence-corrected chi connectivity index (χ2v) is 5.57. The first kappa shape index (κ1) is 13.2. The van der Waals surface area contributed by atoms with Crippen LogP contribution in [0.25, 0.3) is 0 Å². The average Bonchev–Trinajstić information content (AvgIpc) is 2.48. The van der Waals surface area contributed by atoms with E-state index in [9.17, 15) is 9.59 Å². The molecule has 0 aliphatic carbocycles. The van der Waals surface area contributed by atoms with Crippen molar-refractivity contribution < 1.29 is 9.59 Å². The number of ketones is 1. The van der Waals surface area contributed by atoms with Crippen LogP contribution in [0.5, 0.6) is 0 Å². The fourth-order valence-corrected chi connectivity index (χ4v) is 2.98. The Labute approximate surface area is 119 Å². The Morgan fingerprint density at radius 1 is 0.800 bits per heavy atom. The number of carbonyl (C=O) groups is 2. The van der Waals surface area contributed by atoms with Gasteiger partial charge in [0.05, 0.1) is 6.42 Å². The van der Waals surface area contributed by atoms with Crippen molar-refractivity contribution in [3.05, 3.63) is 24.3 Å².